The molecule has 0 amide bonds. The molecule has 1 aromatic carbocycles. The van der Waals surface area contributed by atoms with Gasteiger partial charge in [-0.3, -0.25) is 4.98 Å². The highest BCUT2D eigenvalue weighted by Gasteiger charge is 2.13. The standard InChI is InChI=1S/C14H13Br2NO2/c1-19-14-3-2-11(15)4-9(14)6-13(18)10-5-12(16)8-17-7-10/h2-5,7-8,13,18H,6H2,1H3. The number of pyridine rings is 1. The lowest BCUT2D eigenvalue weighted by Crippen LogP contribution is -2.04. The molecule has 2 aromatic rings. The summed E-state index contributed by atoms with van der Waals surface area (Å²) in [5.41, 5.74) is 1.72. The van der Waals surface area contributed by atoms with Gasteiger partial charge < -0.3 is 9.84 Å². The minimum atomic E-state index is -0.617. The summed E-state index contributed by atoms with van der Waals surface area (Å²) in [6.45, 7) is 0. The molecule has 0 radical (unpaired) electrons. The van der Waals surface area contributed by atoms with Crippen LogP contribution in [-0.4, -0.2) is 17.2 Å². The molecule has 0 aliphatic heterocycles. The summed E-state index contributed by atoms with van der Waals surface area (Å²) in [5.74, 6) is 0.769. The average molecular weight is 387 g/mol. The molecule has 0 bridgehead atoms. The van der Waals surface area contributed by atoms with E-state index < -0.39 is 6.10 Å². The van der Waals surface area contributed by atoms with E-state index in [0.717, 1.165) is 25.8 Å². The molecule has 1 atom stereocenters. The van der Waals surface area contributed by atoms with Crippen LogP contribution in [0.1, 0.15) is 17.2 Å². The van der Waals surface area contributed by atoms with E-state index in [2.05, 4.69) is 36.8 Å². The van der Waals surface area contributed by atoms with Crippen molar-refractivity contribution in [1.82, 2.24) is 4.98 Å². The Hall–Kier alpha value is -0.910. The first-order valence-corrected chi connectivity index (χ1v) is 7.29. The van der Waals surface area contributed by atoms with Gasteiger partial charge in [-0.1, -0.05) is 15.9 Å². The second-order valence-electron chi connectivity index (χ2n) is 4.11. The molecule has 0 spiro atoms. The third-order valence-corrected chi connectivity index (χ3v) is 3.69. The molecule has 100 valence electrons. The molecule has 1 aromatic heterocycles. The van der Waals surface area contributed by atoms with Gasteiger partial charge in [-0.2, -0.15) is 0 Å². The Bertz CT molecular complexity index is 575. The number of methoxy groups -OCH3 is 1. The second-order valence-corrected chi connectivity index (χ2v) is 5.94. The SMILES string of the molecule is COc1ccc(Br)cc1CC(O)c1cncc(Br)c1. The zero-order chi connectivity index (χ0) is 13.8. The highest BCUT2D eigenvalue weighted by atomic mass is 79.9. The molecule has 0 saturated heterocycles. The van der Waals surface area contributed by atoms with Crippen molar-refractivity contribution in [2.45, 2.75) is 12.5 Å². The smallest absolute Gasteiger partial charge is 0.122 e. The Morgan fingerprint density at radius 3 is 2.68 bits per heavy atom. The van der Waals surface area contributed by atoms with Crippen LogP contribution in [0.25, 0.3) is 0 Å². The molecule has 1 N–H and O–H groups in total. The van der Waals surface area contributed by atoms with Gasteiger partial charge in [0.15, 0.2) is 0 Å². The van der Waals surface area contributed by atoms with Crippen LogP contribution >= 0.6 is 31.9 Å². The van der Waals surface area contributed by atoms with E-state index in [1.807, 2.05) is 24.3 Å². The summed E-state index contributed by atoms with van der Waals surface area (Å²) in [6, 6.07) is 7.61. The van der Waals surface area contributed by atoms with E-state index in [0.29, 0.717) is 6.42 Å². The topological polar surface area (TPSA) is 42.4 Å². The Kier molecular flexibility index (Phi) is 4.96. The minimum absolute atomic E-state index is 0.473. The van der Waals surface area contributed by atoms with Crippen molar-refractivity contribution in [3.8, 4) is 5.75 Å². The highest BCUT2D eigenvalue weighted by Crippen LogP contribution is 2.28. The number of aromatic nitrogens is 1. The Morgan fingerprint density at radius 1 is 1.21 bits per heavy atom. The first kappa shape index (κ1) is 14.5. The molecular formula is C14H13Br2NO2. The molecule has 0 saturated carbocycles. The number of rotatable bonds is 4. The fraction of sp³-hybridized carbons (Fsp3) is 0.214. The minimum Gasteiger partial charge on any atom is -0.496 e. The van der Waals surface area contributed by atoms with Crippen molar-refractivity contribution in [3.05, 3.63) is 56.7 Å². The lowest BCUT2D eigenvalue weighted by molar-refractivity contribution is 0.176. The van der Waals surface area contributed by atoms with E-state index in [9.17, 15) is 5.11 Å². The number of aliphatic hydroxyl groups excluding tert-OH is 1. The van der Waals surface area contributed by atoms with E-state index in [4.69, 9.17) is 4.74 Å². The first-order chi connectivity index (χ1) is 9.10. The van der Waals surface area contributed by atoms with Crippen LogP contribution in [0.3, 0.4) is 0 Å². The molecule has 3 nitrogen and oxygen atoms in total. The summed E-state index contributed by atoms with van der Waals surface area (Å²) < 4.78 is 7.12. The predicted octanol–water partition coefficient (Wildman–Crippen LogP) is 3.89. The number of hydrogen-bond acceptors (Lipinski definition) is 3. The Balaban J connectivity index is 2.23. The number of halogens is 2. The summed E-state index contributed by atoms with van der Waals surface area (Å²) in [6.07, 6.45) is 3.21. The molecule has 19 heavy (non-hydrogen) atoms. The quantitative estimate of drug-likeness (QED) is 0.866. The summed E-state index contributed by atoms with van der Waals surface area (Å²) in [7, 11) is 1.62. The second kappa shape index (κ2) is 6.50. The van der Waals surface area contributed by atoms with Gasteiger partial charge >= 0.3 is 0 Å². The lowest BCUT2D eigenvalue weighted by Gasteiger charge is -2.14. The zero-order valence-corrected chi connectivity index (χ0v) is 13.5. The van der Waals surface area contributed by atoms with Gasteiger partial charge in [-0.05, 0) is 45.8 Å². The van der Waals surface area contributed by atoms with Gasteiger partial charge in [0.05, 0.1) is 13.2 Å². The average Bonchev–Trinajstić information content (AvgIpc) is 2.39. The molecule has 5 heteroatoms. The van der Waals surface area contributed by atoms with Crippen molar-refractivity contribution in [2.75, 3.05) is 7.11 Å². The maximum absolute atomic E-state index is 10.3. The maximum Gasteiger partial charge on any atom is 0.122 e. The normalized spacial score (nSPS) is 12.2. The lowest BCUT2D eigenvalue weighted by atomic mass is 10.0. The Labute approximate surface area is 128 Å². The number of benzene rings is 1. The van der Waals surface area contributed by atoms with E-state index in [1.54, 1.807) is 19.5 Å². The molecule has 1 heterocycles. The van der Waals surface area contributed by atoms with Crippen LogP contribution in [0.5, 0.6) is 5.75 Å². The fourth-order valence-electron chi connectivity index (χ4n) is 1.84. The molecule has 0 aliphatic carbocycles. The van der Waals surface area contributed by atoms with Crippen LogP contribution in [0, 0.1) is 0 Å². The third kappa shape index (κ3) is 3.78. The highest BCUT2D eigenvalue weighted by molar-refractivity contribution is 9.10. The van der Waals surface area contributed by atoms with Gasteiger partial charge in [-0.15, -0.1) is 0 Å². The van der Waals surface area contributed by atoms with Gasteiger partial charge in [0.1, 0.15) is 5.75 Å². The van der Waals surface area contributed by atoms with Crippen molar-refractivity contribution in [1.29, 1.82) is 0 Å². The van der Waals surface area contributed by atoms with Crippen LogP contribution in [0.2, 0.25) is 0 Å². The number of nitrogens with zero attached hydrogens (tertiary/aromatic N) is 1. The molecule has 1 unspecified atom stereocenters. The van der Waals surface area contributed by atoms with E-state index in [-0.39, 0.29) is 0 Å². The zero-order valence-electron chi connectivity index (χ0n) is 10.3. The summed E-state index contributed by atoms with van der Waals surface area (Å²) in [5, 5.41) is 10.3. The molecule has 0 fully saturated rings. The van der Waals surface area contributed by atoms with Crippen LogP contribution in [-0.2, 0) is 6.42 Å². The Morgan fingerprint density at radius 2 is 2.00 bits per heavy atom. The maximum atomic E-state index is 10.3. The summed E-state index contributed by atoms with van der Waals surface area (Å²) in [4.78, 5) is 4.06. The van der Waals surface area contributed by atoms with Gasteiger partial charge in [0, 0.05) is 33.3 Å². The monoisotopic (exact) mass is 385 g/mol. The van der Waals surface area contributed by atoms with Crippen molar-refractivity contribution >= 4 is 31.9 Å². The van der Waals surface area contributed by atoms with E-state index >= 15 is 0 Å². The molecular weight excluding hydrogens is 374 g/mol. The van der Waals surface area contributed by atoms with Gasteiger partial charge in [-0.25, -0.2) is 0 Å². The predicted molar refractivity (Wildman–Crippen MR) is 81.3 cm³/mol. The van der Waals surface area contributed by atoms with Crippen LogP contribution < -0.4 is 4.74 Å². The van der Waals surface area contributed by atoms with E-state index in [1.165, 1.54) is 0 Å². The van der Waals surface area contributed by atoms with Crippen LogP contribution in [0.4, 0.5) is 0 Å². The summed E-state index contributed by atoms with van der Waals surface area (Å²) >= 11 is 6.78. The van der Waals surface area contributed by atoms with Crippen molar-refractivity contribution in [3.63, 3.8) is 0 Å². The number of aliphatic hydroxyl groups is 1. The third-order valence-electron chi connectivity index (χ3n) is 2.77. The largest absolute Gasteiger partial charge is 0.496 e. The number of hydrogen-bond donors (Lipinski definition) is 1. The van der Waals surface area contributed by atoms with Gasteiger partial charge in [0.25, 0.3) is 0 Å². The molecule has 2 rings (SSSR count). The fourth-order valence-corrected chi connectivity index (χ4v) is 2.63. The number of ether oxygens (including phenoxy) is 1. The van der Waals surface area contributed by atoms with Crippen LogP contribution in [0.15, 0.2) is 45.6 Å². The first-order valence-electron chi connectivity index (χ1n) is 5.71. The van der Waals surface area contributed by atoms with Crippen molar-refractivity contribution < 1.29 is 9.84 Å². The van der Waals surface area contributed by atoms with Crippen molar-refractivity contribution in [2.24, 2.45) is 0 Å². The van der Waals surface area contributed by atoms with Gasteiger partial charge in [0.2, 0.25) is 0 Å². The molecule has 0 aliphatic rings.